The van der Waals surface area contributed by atoms with E-state index in [0.717, 1.165) is 93.2 Å². The third-order valence-corrected chi connectivity index (χ3v) is 16.0. The van der Waals surface area contributed by atoms with E-state index in [2.05, 4.69) is 73.5 Å². The quantitative estimate of drug-likeness (QED) is 0.136. The molecule has 1 aliphatic carbocycles. The number of carbonyl (C=O) groups is 2. The van der Waals surface area contributed by atoms with Crippen LogP contribution in [0.3, 0.4) is 0 Å². The zero-order chi connectivity index (χ0) is 49.2. The Kier molecular flexibility index (Phi) is 12.6. The van der Waals surface area contributed by atoms with Crippen molar-refractivity contribution in [2.24, 2.45) is 23.8 Å². The van der Waals surface area contributed by atoms with Crippen LogP contribution in [0, 0.1) is 28.1 Å². The fourth-order valence-corrected chi connectivity index (χ4v) is 12.6. The van der Waals surface area contributed by atoms with E-state index in [1.54, 1.807) is 67.7 Å². The second-order valence-corrected chi connectivity index (χ2v) is 21.5. The number of halogens is 3. The van der Waals surface area contributed by atoms with Gasteiger partial charge in [0.15, 0.2) is 5.82 Å². The highest BCUT2D eigenvalue weighted by molar-refractivity contribution is 6.31. The van der Waals surface area contributed by atoms with Crippen molar-refractivity contribution < 1.29 is 23.1 Å². The minimum absolute atomic E-state index is 0.0156. The van der Waals surface area contributed by atoms with E-state index in [-0.39, 0.29) is 35.6 Å². The molecule has 4 aliphatic heterocycles. The predicted octanol–water partition coefficient (Wildman–Crippen LogP) is 8.30. The number of nitriles is 1. The zero-order valence-corrected chi connectivity index (χ0v) is 41.5. The molecule has 10 rings (SSSR count). The van der Waals surface area contributed by atoms with Crippen LogP contribution in [0.1, 0.15) is 111 Å². The number of benzene rings is 2. The van der Waals surface area contributed by atoms with E-state index in [1.807, 2.05) is 11.0 Å². The van der Waals surface area contributed by atoms with Crippen molar-refractivity contribution in [2.75, 3.05) is 55.6 Å². The van der Waals surface area contributed by atoms with Crippen LogP contribution in [0.5, 0.6) is 5.75 Å². The third kappa shape index (κ3) is 8.75. The normalized spacial score (nSPS) is 22.1. The second-order valence-electron chi connectivity index (χ2n) is 21.1. The Balaban J connectivity index is 0.765. The molecule has 2 saturated heterocycles. The molecule has 2 aromatic carbocycles. The number of nitrogens with one attached hydrogen (secondary N) is 1. The monoisotopic (exact) mass is 974 g/mol. The van der Waals surface area contributed by atoms with Gasteiger partial charge in [-0.05, 0) is 73.4 Å². The number of aryl methyl sites for hydroxylation is 2. The smallest absolute Gasteiger partial charge is 0.264 e. The fourth-order valence-electron chi connectivity index (χ4n) is 12.3. The lowest BCUT2D eigenvalue weighted by atomic mass is 9.49. The first kappa shape index (κ1) is 47.6. The summed E-state index contributed by atoms with van der Waals surface area (Å²) in [6.45, 7) is 16.1. The number of carbonyl (C=O) groups excluding carboxylic acids is 2. The van der Waals surface area contributed by atoms with Crippen LogP contribution < -0.4 is 19.9 Å². The summed E-state index contributed by atoms with van der Waals surface area (Å²) in [7, 11) is 1.79. The first-order chi connectivity index (χ1) is 33.5. The summed E-state index contributed by atoms with van der Waals surface area (Å²) in [6, 6.07) is 10.7. The van der Waals surface area contributed by atoms with Gasteiger partial charge in [0, 0.05) is 136 Å². The molecule has 1 N–H and O–H groups in total. The minimum atomic E-state index is -2.67. The number of rotatable bonds is 11. The van der Waals surface area contributed by atoms with Crippen LogP contribution in [0.25, 0.3) is 11.1 Å². The summed E-state index contributed by atoms with van der Waals surface area (Å²) < 4.78 is 39.8. The van der Waals surface area contributed by atoms with Gasteiger partial charge in [-0.1, -0.05) is 39.3 Å². The molecule has 2 amide bonds. The average Bonchev–Trinajstić information content (AvgIpc) is 4.10. The summed E-state index contributed by atoms with van der Waals surface area (Å²) in [5, 5.41) is 22.4. The van der Waals surface area contributed by atoms with Crippen molar-refractivity contribution in [1.82, 2.24) is 44.6 Å². The Hall–Kier alpha value is -6.12. The van der Waals surface area contributed by atoms with Gasteiger partial charge in [0.2, 0.25) is 11.9 Å². The molecule has 1 atom stereocenters. The van der Waals surface area contributed by atoms with Gasteiger partial charge in [-0.15, -0.1) is 0 Å². The van der Waals surface area contributed by atoms with E-state index >= 15 is 0 Å². The van der Waals surface area contributed by atoms with Crippen molar-refractivity contribution in [1.29, 1.82) is 5.26 Å². The molecule has 7 heterocycles. The number of piperidine rings is 1. The molecular weight excluding hydrogens is 914 g/mol. The summed E-state index contributed by atoms with van der Waals surface area (Å²) in [5.41, 5.74) is 5.08. The molecule has 15 nitrogen and oxygen atoms in total. The van der Waals surface area contributed by atoms with Gasteiger partial charge in [-0.25, -0.2) is 18.7 Å². The third-order valence-electron chi connectivity index (χ3n) is 15.7. The van der Waals surface area contributed by atoms with Crippen molar-refractivity contribution in [3.63, 3.8) is 0 Å². The summed E-state index contributed by atoms with van der Waals surface area (Å²) in [5.74, 6) is 2.26. The standard InChI is InChI=1S/C52H61ClF2N12O3/c1-31(68)65-19-14-43-41(30-65)46(66-15-7-8-33-20-39(36-26-59-62(6)28-36)40(45(54)55)22-44(33)66)61-67(43)37-13-16-63(29-37)27-32-11-17-64(18-12-32)50-57-24-35(25-58-50)47(69)60-48-51(2,3)49(52(48,4)5)70-38-10-9-34(23-56)42(53)21-38/h9-10,20-22,24-26,28,32,37,45,48-49H,7-8,11-19,27,29-30H2,1-6H3,(H,60,69). The van der Waals surface area contributed by atoms with Crippen LogP contribution in [-0.4, -0.2) is 109 Å². The molecule has 1 unspecified atom stereocenters. The number of ether oxygens (including phenoxy) is 1. The Morgan fingerprint density at radius 3 is 2.41 bits per heavy atom. The van der Waals surface area contributed by atoms with E-state index in [0.29, 0.717) is 70.9 Å². The maximum atomic E-state index is 14.8. The van der Waals surface area contributed by atoms with Crippen molar-refractivity contribution in [2.45, 2.75) is 104 Å². The molecule has 18 heteroatoms. The highest BCUT2D eigenvalue weighted by Crippen LogP contribution is 2.56. The number of nitrogens with zero attached hydrogens (tertiary/aromatic N) is 11. The molecular formula is C52H61ClF2N12O3. The Morgan fingerprint density at radius 2 is 1.74 bits per heavy atom. The number of hydrogen-bond donors (Lipinski definition) is 1. The van der Waals surface area contributed by atoms with Gasteiger partial charge in [-0.3, -0.25) is 19.0 Å². The van der Waals surface area contributed by atoms with Crippen molar-refractivity contribution in [3.8, 4) is 22.9 Å². The van der Waals surface area contributed by atoms with Crippen LogP contribution in [0.4, 0.5) is 26.2 Å². The number of amides is 2. The molecule has 3 aromatic heterocycles. The SMILES string of the molecule is CC(=O)N1CCc2c(c(N3CCCc4cc(-c5cnn(C)c5)c(C(F)F)cc43)nn2C2CCN(CC3CCN(c4ncc(C(=O)NC5C(C)(C)C(Oc6ccc(C#N)c(Cl)c6)C5(C)C)cn4)CC3)C2)C1. The first-order valence-corrected chi connectivity index (χ1v) is 24.9. The summed E-state index contributed by atoms with van der Waals surface area (Å²) >= 11 is 6.28. The predicted molar refractivity (Wildman–Crippen MR) is 262 cm³/mol. The number of alkyl halides is 2. The topological polar surface area (TPSA) is 154 Å². The van der Waals surface area contributed by atoms with E-state index in [1.165, 1.54) is 0 Å². The lowest BCUT2D eigenvalue weighted by Crippen LogP contribution is -2.74. The number of likely N-dealkylation sites (tertiary alicyclic amines) is 1. The largest absolute Gasteiger partial charge is 0.489 e. The molecule has 368 valence electrons. The summed E-state index contributed by atoms with van der Waals surface area (Å²) in [6.07, 6.45) is 9.02. The Morgan fingerprint density at radius 1 is 0.986 bits per heavy atom. The maximum absolute atomic E-state index is 14.8. The van der Waals surface area contributed by atoms with Crippen LogP contribution in [0.2, 0.25) is 5.02 Å². The lowest BCUT2D eigenvalue weighted by Gasteiger charge is -2.63. The molecule has 0 bridgehead atoms. The Bertz CT molecular complexity index is 2830. The first-order valence-electron chi connectivity index (χ1n) is 24.5. The highest BCUT2D eigenvalue weighted by atomic mass is 35.5. The van der Waals surface area contributed by atoms with Crippen LogP contribution >= 0.6 is 11.6 Å². The van der Waals surface area contributed by atoms with Gasteiger partial charge in [0.05, 0.1) is 34.9 Å². The molecule has 70 heavy (non-hydrogen) atoms. The minimum Gasteiger partial charge on any atom is -0.489 e. The van der Waals surface area contributed by atoms with Crippen molar-refractivity contribution in [3.05, 3.63) is 93.7 Å². The maximum Gasteiger partial charge on any atom is 0.264 e. The lowest BCUT2D eigenvalue weighted by molar-refractivity contribution is -0.164. The van der Waals surface area contributed by atoms with E-state index in [4.69, 9.17) is 21.4 Å². The van der Waals surface area contributed by atoms with Crippen LogP contribution in [-0.2, 0) is 31.2 Å². The molecule has 0 spiro atoms. The molecule has 3 fully saturated rings. The van der Waals surface area contributed by atoms with Gasteiger partial charge in [0.25, 0.3) is 12.3 Å². The number of anilines is 3. The van der Waals surface area contributed by atoms with Gasteiger partial charge >= 0.3 is 0 Å². The van der Waals surface area contributed by atoms with E-state index < -0.39 is 17.3 Å². The number of hydrogen-bond acceptors (Lipinski definition) is 11. The average molecular weight is 976 g/mol. The zero-order valence-electron chi connectivity index (χ0n) is 40.8. The molecule has 1 saturated carbocycles. The van der Waals surface area contributed by atoms with Crippen LogP contribution in [0.15, 0.2) is 55.1 Å². The molecule has 5 aliphatic rings. The molecule has 0 radical (unpaired) electrons. The fraction of sp³-hybridized carbons (Fsp3) is 0.519. The number of aromatic nitrogens is 6. The van der Waals surface area contributed by atoms with Crippen molar-refractivity contribution >= 4 is 40.9 Å². The second kappa shape index (κ2) is 18.6. The van der Waals surface area contributed by atoms with Gasteiger partial charge in [0.1, 0.15) is 17.9 Å². The van der Waals surface area contributed by atoms with Gasteiger partial charge in [-0.2, -0.15) is 15.5 Å². The summed E-state index contributed by atoms with van der Waals surface area (Å²) in [4.78, 5) is 44.4. The van der Waals surface area contributed by atoms with E-state index in [9.17, 15) is 23.6 Å². The highest BCUT2D eigenvalue weighted by Gasteiger charge is 2.64. The number of fused-ring (bicyclic) bond motifs is 2. The molecule has 5 aromatic rings. The van der Waals surface area contributed by atoms with Gasteiger partial charge < -0.3 is 29.7 Å². The Labute approximate surface area is 412 Å².